The third kappa shape index (κ3) is 3.42. The number of nitrogens with one attached hydrogen (secondary N) is 1. The van der Waals surface area contributed by atoms with E-state index in [1.165, 1.54) is 33.8 Å². The number of fused-ring (bicyclic) bond motifs is 1. The lowest BCUT2D eigenvalue weighted by molar-refractivity contribution is -0.936. The summed E-state index contributed by atoms with van der Waals surface area (Å²) in [6, 6.07) is 12.4. The van der Waals surface area contributed by atoms with Crippen LogP contribution in [0.25, 0.3) is 16.5 Å². The van der Waals surface area contributed by atoms with E-state index < -0.39 is 0 Å². The average Bonchev–Trinajstić information content (AvgIpc) is 3.42. The van der Waals surface area contributed by atoms with E-state index in [-0.39, 0.29) is 11.9 Å². The highest BCUT2D eigenvalue weighted by Crippen LogP contribution is 2.36. The number of likely N-dealkylation sites (tertiary alicyclic amines) is 1. The number of quaternary nitrogens is 1. The summed E-state index contributed by atoms with van der Waals surface area (Å²) in [5, 5.41) is 15.7. The number of aromatic nitrogens is 3. The molecule has 1 aliphatic rings. The number of hydrogen-bond donors (Lipinski definition) is 2. The highest BCUT2D eigenvalue weighted by Gasteiger charge is 2.37. The van der Waals surface area contributed by atoms with Crippen LogP contribution in [0.4, 0.5) is 0 Å². The predicted molar refractivity (Wildman–Crippen MR) is 117 cm³/mol. The van der Waals surface area contributed by atoms with Crippen molar-refractivity contribution in [3.63, 3.8) is 0 Å². The Morgan fingerprint density at radius 1 is 1.17 bits per heavy atom. The molecule has 0 bridgehead atoms. The van der Waals surface area contributed by atoms with Crippen molar-refractivity contribution in [2.45, 2.75) is 33.2 Å². The van der Waals surface area contributed by atoms with Gasteiger partial charge in [0.2, 0.25) is 16.7 Å². The van der Waals surface area contributed by atoms with E-state index in [9.17, 15) is 5.11 Å². The number of hydrogen-bond acceptors (Lipinski definition) is 5. The zero-order chi connectivity index (χ0) is 20.8. The number of rotatable bonds is 4. The summed E-state index contributed by atoms with van der Waals surface area (Å²) in [5.41, 5.74) is 2.46. The minimum absolute atomic E-state index is 0.0661. The molecule has 4 aromatic rings. The minimum Gasteiger partial charge on any atom is -0.492 e. The Hall–Kier alpha value is -2.64. The lowest BCUT2D eigenvalue weighted by atomic mass is 9.89. The van der Waals surface area contributed by atoms with Crippen LogP contribution in [0.5, 0.6) is 5.88 Å². The average molecular weight is 424 g/mol. The standard InChI is InChI=1S/C23H26N4O2S/c1-14-6-8-17(9-7-14)19(26-12-15(2)11-16(3)13-26)20-22(28)27-23(30-20)24-21(25-27)18-5-4-10-29-18/h4-10,15-16,19,28H,11-13H2,1-3H3/p+1/t15-,16-,19-/m0/s1. The highest BCUT2D eigenvalue weighted by molar-refractivity contribution is 7.17. The van der Waals surface area contributed by atoms with Crippen LogP contribution in [0, 0.1) is 18.8 Å². The predicted octanol–water partition coefficient (Wildman–Crippen LogP) is 3.72. The summed E-state index contributed by atoms with van der Waals surface area (Å²) >= 11 is 1.52. The van der Waals surface area contributed by atoms with E-state index in [1.54, 1.807) is 10.8 Å². The van der Waals surface area contributed by atoms with Gasteiger partial charge in [0.1, 0.15) is 4.88 Å². The first-order valence-electron chi connectivity index (χ1n) is 10.5. The molecule has 4 heterocycles. The second-order valence-electron chi connectivity index (χ2n) is 8.75. The quantitative estimate of drug-likeness (QED) is 0.525. The fraction of sp³-hybridized carbons (Fsp3) is 0.391. The number of thiazole rings is 1. The fourth-order valence-electron chi connectivity index (χ4n) is 4.85. The van der Waals surface area contributed by atoms with E-state index in [0.29, 0.717) is 28.4 Å². The van der Waals surface area contributed by atoms with Crippen LogP contribution >= 0.6 is 11.3 Å². The topological polar surface area (TPSA) is 68.0 Å². The van der Waals surface area contributed by atoms with Gasteiger partial charge in [-0.2, -0.15) is 9.50 Å². The molecule has 0 saturated carbocycles. The zero-order valence-electron chi connectivity index (χ0n) is 17.5. The van der Waals surface area contributed by atoms with Gasteiger partial charge in [0, 0.05) is 17.4 Å². The molecule has 0 spiro atoms. The number of aryl methyl sites for hydroxylation is 1. The van der Waals surface area contributed by atoms with E-state index in [1.807, 2.05) is 12.1 Å². The molecule has 3 aromatic heterocycles. The van der Waals surface area contributed by atoms with Crippen molar-refractivity contribution < 1.29 is 14.4 Å². The smallest absolute Gasteiger partial charge is 0.235 e. The van der Waals surface area contributed by atoms with Gasteiger partial charge < -0.3 is 14.4 Å². The molecule has 0 aliphatic carbocycles. The second kappa shape index (κ2) is 7.56. The summed E-state index contributed by atoms with van der Waals surface area (Å²) in [4.78, 5) is 7.72. The Morgan fingerprint density at radius 2 is 1.90 bits per heavy atom. The number of benzene rings is 1. The Kier molecular flexibility index (Phi) is 4.87. The van der Waals surface area contributed by atoms with Gasteiger partial charge in [-0.3, -0.25) is 0 Å². The molecule has 1 aliphatic heterocycles. The van der Waals surface area contributed by atoms with Gasteiger partial charge in [0.25, 0.3) is 0 Å². The SMILES string of the molecule is Cc1ccc([C@@H](c2sc3nc(-c4ccco4)nn3c2O)[NH+]2C[C@@H](C)C[C@H](C)C2)cc1. The van der Waals surface area contributed by atoms with Gasteiger partial charge >= 0.3 is 0 Å². The van der Waals surface area contributed by atoms with E-state index in [2.05, 4.69) is 55.1 Å². The van der Waals surface area contributed by atoms with Crippen LogP contribution in [-0.4, -0.2) is 32.8 Å². The van der Waals surface area contributed by atoms with Gasteiger partial charge in [-0.25, -0.2) is 0 Å². The van der Waals surface area contributed by atoms with Crippen molar-refractivity contribution in [1.82, 2.24) is 14.6 Å². The maximum absolute atomic E-state index is 11.2. The first-order chi connectivity index (χ1) is 14.5. The van der Waals surface area contributed by atoms with Crippen molar-refractivity contribution in [3.05, 3.63) is 58.7 Å². The molecule has 6 nitrogen and oxygen atoms in total. The summed E-state index contributed by atoms with van der Waals surface area (Å²) < 4.78 is 6.97. The Morgan fingerprint density at radius 3 is 2.53 bits per heavy atom. The molecular formula is C23H27N4O2S+. The molecule has 1 saturated heterocycles. The molecule has 1 aromatic carbocycles. The summed E-state index contributed by atoms with van der Waals surface area (Å²) in [6.45, 7) is 8.95. The Bertz CT molecular complexity index is 1140. The molecule has 2 N–H and O–H groups in total. The maximum atomic E-state index is 11.2. The molecule has 1 fully saturated rings. The molecule has 0 amide bonds. The largest absolute Gasteiger partial charge is 0.492 e. The number of piperidine rings is 1. The lowest BCUT2D eigenvalue weighted by Crippen LogP contribution is -3.14. The summed E-state index contributed by atoms with van der Waals surface area (Å²) in [6.07, 6.45) is 2.86. The molecule has 156 valence electrons. The van der Waals surface area contributed by atoms with Gasteiger partial charge in [-0.05, 0) is 25.5 Å². The second-order valence-corrected chi connectivity index (χ2v) is 9.76. The Labute approximate surface area is 179 Å². The molecule has 3 atom stereocenters. The molecule has 30 heavy (non-hydrogen) atoms. The van der Waals surface area contributed by atoms with E-state index in [4.69, 9.17) is 4.42 Å². The van der Waals surface area contributed by atoms with Gasteiger partial charge in [0.05, 0.1) is 19.4 Å². The summed E-state index contributed by atoms with van der Waals surface area (Å²) in [5.74, 6) is 2.60. The number of aromatic hydroxyl groups is 1. The first-order valence-corrected chi connectivity index (χ1v) is 11.3. The maximum Gasteiger partial charge on any atom is 0.235 e. The van der Waals surface area contributed by atoms with Crippen LogP contribution in [0.3, 0.4) is 0 Å². The van der Waals surface area contributed by atoms with E-state index >= 15 is 0 Å². The van der Waals surface area contributed by atoms with Gasteiger partial charge in [-0.1, -0.05) is 55.0 Å². The number of furan rings is 1. The third-order valence-corrected chi connectivity index (χ3v) is 7.13. The lowest BCUT2D eigenvalue weighted by Gasteiger charge is -2.37. The number of nitrogens with zero attached hydrogens (tertiary/aromatic N) is 3. The van der Waals surface area contributed by atoms with Gasteiger partial charge in [0.15, 0.2) is 11.8 Å². The van der Waals surface area contributed by atoms with Crippen molar-refractivity contribution in [3.8, 4) is 17.5 Å². The van der Waals surface area contributed by atoms with Crippen LogP contribution in [0.1, 0.15) is 42.3 Å². The normalized spacial score (nSPS) is 23.1. The van der Waals surface area contributed by atoms with Gasteiger partial charge in [-0.15, -0.1) is 5.10 Å². The Balaban J connectivity index is 1.60. The van der Waals surface area contributed by atoms with Crippen molar-refractivity contribution >= 4 is 16.3 Å². The van der Waals surface area contributed by atoms with Crippen LogP contribution in [-0.2, 0) is 0 Å². The first kappa shape index (κ1) is 19.3. The monoisotopic (exact) mass is 423 g/mol. The minimum atomic E-state index is 0.0661. The molecule has 0 radical (unpaired) electrons. The molecule has 5 rings (SSSR count). The van der Waals surface area contributed by atoms with Crippen LogP contribution in [0.15, 0.2) is 47.1 Å². The molecule has 7 heteroatoms. The summed E-state index contributed by atoms with van der Waals surface area (Å²) in [7, 11) is 0. The van der Waals surface area contributed by atoms with E-state index in [0.717, 1.165) is 18.0 Å². The van der Waals surface area contributed by atoms with Crippen LogP contribution in [0.2, 0.25) is 0 Å². The fourth-order valence-corrected chi connectivity index (χ4v) is 5.99. The van der Waals surface area contributed by atoms with Crippen LogP contribution < -0.4 is 4.90 Å². The van der Waals surface area contributed by atoms with Crippen molar-refractivity contribution in [2.75, 3.05) is 13.1 Å². The van der Waals surface area contributed by atoms with Crippen molar-refractivity contribution in [2.24, 2.45) is 11.8 Å². The zero-order valence-corrected chi connectivity index (χ0v) is 18.3. The third-order valence-electron chi connectivity index (χ3n) is 6.05. The highest BCUT2D eigenvalue weighted by atomic mass is 32.1. The molecule has 0 unspecified atom stereocenters. The van der Waals surface area contributed by atoms with Crippen molar-refractivity contribution in [1.29, 1.82) is 0 Å². The molecular weight excluding hydrogens is 396 g/mol.